The summed E-state index contributed by atoms with van der Waals surface area (Å²) in [7, 11) is 0. The molecular formula is C19H16Cl2N2O2S. The number of halogens is 2. The number of anilines is 1. The summed E-state index contributed by atoms with van der Waals surface area (Å²) >= 11 is 13.2. The highest BCUT2D eigenvalue weighted by molar-refractivity contribution is 7.14. The molecule has 4 nitrogen and oxygen atoms in total. The SMILES string of the molecule is Cc1ccc(-c2csc(NC(=O)COc3ccc(Cl)cc3Cl)n2)c(C)c1. The molecule has 7 heteroatoms. The third-order valence-corrected chi connectivity index (χ3v) is 4.95. The average Bonchev–Trinajstić information content (AvgIpc) is 3.02. The van der Waals surface area contributed by atoms with Crippen molar-refractivity contribution in [1.29, 1.82) is 0 Å². The van der Waals surface area contributed by atoms with Crippen LogP contribution in [0.1, 0.15) is 11.1 Å². The van der Waals surface area contributed by atoms with E-state index in [-0.39, 0.29) is 12.5 Å². The largest absolute Gasteiger partial charge is 0.482 e. The summed E-state index contributed by atoms with van der Waals surface area (Å²) < 4.78 is 5.42. The van der Waals surface area contributed by atoms with Gasteiger partial charge in [-0.2, -0.15) is 0 Å². The minimum Gasteiger partial charge on any atom is -0.482 e. The van der Waals surface area contributed by atoms with Crippen LogP contribution >= 0.6 is 34.5 Å². The number of rotatable bonds is 5. The van der Waals surface area contributed by atoms with E-state index < -0.39 is 0 Å². The smallest absolute Gasteiger partial charge is 0.264 e. The van der Waals surface area contributed by atoms with Gasteiger partial charge in [0.2, 0.25) is 0 Å². The summed E-state index contributed by atoms with van der Waals surface area (Å²) in [4.78, 5) is 16.6. The monoisotopic (exact) mass is 406 g/mol. The molecule has 134 valence electrons. The molecule has 0 saturated carbocycles. The van der Waals surface area contributed by atoms with Gasteiger partial charge in [-0.1, -0.05) is 47.0 Å². The van der Waals surface area contributed by atoms with E-state index in [4.69, 9.17) is 27.9 Å². The van der Waals surface area contributed by atoms with Gasteiger partial charge in [-0.25, -0.2) is 4.98 Å². The van der Waals surface area contributed by atoms with Crippen LogP contribution in [0.5, 0.6) is 5.75 Å². The van der Waals surface area contributed by atoms with Gasteiger partial charge in [-0.3, -0.25) is 10.1 Å². The van der Waals surface area contributed by atoms with Gasteiger partial charge in [0.05, 0.1) is 10.7 Å². The predicted octanol–water partition coefficient (Wildman–Crippen LogP) is 5.75. The number of hydrogen-bond acceptors (Lipinski definition) is 4. The minimum atomic E-state index is -0.308. The molecule has 0 radical (unpaired) electrons. The van der Waals surface area contributed by atoms with Crippen LogP contribution in [0.2, 0.25) is 10.0 Å². The van der Waals surface area contributed by atoms with Crippen LogP contribution in [0.3, 0.4) is 0 Å². The van der Waals surface area contributed by atoms with Crippen molar-refractivity contribution in [3.63, 3.8) is 0 Å². The first-order valence-corrected chi connectivity index (χ1v) is 9.47. The zero-order chi connectivity index (χ0) is 18.7. The Balaban J connectivity index is 1.62. The maximum Gasteiger partial charge on any atom is 0.264 e. The second kappa shape index (κ2) is 8.08. The van der Waals surface area contributed by atoms with E-state index in [0.717, 1.165) is 16.8 Å². The molecular weight excluding hydrogens is 391 g/mol. The fourth-order valence-corrected chi connectivity index (χ4v) is 3.64. The Morgan fingerprint density at radius 2 is 2.00 bits per heavy atom. The number of carbonyl (C=O) groups is 1. The van der Waals surface area contributed by atoms with Crippen molar-refractivity contribution in [2.24, 2.45) is 0 Å². The summed E-state index contributed by atoms with van der Waals surface area (Å²) in [6, 6.07) is 11.0. The number of thiazole rings is 1. The van der Waals surface area contributed by atoms with E-state index in [1.807, 2.05) is 24.4 Å². The van der Waals surface area contributed by atoms with Crippen molar-refractivity contribution < 1.29 is 9.53 Å². The Labute approximate surface area is 165 Å². The average molecular weight is 407 g/mol. The maximum absolute atomic E-state index is 12.1. The lowest BCUT2D eigenvalue weighted by Crippen LogP contribution is -2.20. The first-order valence-electron chi connectivity index (χ1n) is 7.83. The van der Waals surface area contributed by atoms with Gasteiger partial charge in [-0.05, 0) is 37.6 Å². The second-order valence-electron chi connectivity index (χ2n) is 5.77. The van der Waals surface area contributed by atoms with E-state index >= 15 is 0 Å². The highest BCUT2D eigenvalue weighted by Gasteiger charge is 2.11. The summed E-state index contributed by atoms with van der Waals surface area (Å²) in [5, 5.41) is 6.05. The number of hydrogen-bond donors (Lipinski definition) is 1. The van der Waals surface area contributed by atoms with Gasteiger partial charge in [-0.15, -0.1) is 11.3 Å². The molecule has 0 fully saturated rings. The van der Waals surface area contributed by atoms with E-state index in [0.29, 0.717) is 20.9 Å². The van der Waals surface area contributed by atoms with Gasteiger partial charge in [0.15, 0.2) is 11.7 Å². The quantitative estimate of drug-likeness (QED) is 0.586. The van der Waals surface area contributed by atoms with E-state index in [9.17, 15) is 4.79 Å². The third kappa shape index (κ3) is 4.55. The van der Waals surface area contributed by atoms with Gasteiger partial charge in [0, 0.05) is 16.0 Å². The summed E-state index contributed by atoms with van der Waals surface area (Å²) in [6.45, 7) is 3.93. The molecule has 0 unspecified atom stereocenters. The summed E-state index contributed by atoms with van der Waals surface area (Å²) in [5.74, 6) is 0.0962. The lowest BCUT2D eigenvalue weighted by Gasteiger charge is -2.07. The fraction of sp³-hybridized carbons (Fsp3) is 0.158. The Hall–Kier alpha value is -2.08. The van der Waals surface area contributed by atoms with Crippen molar-refractivity contribution in [1.82, 2.24) is 4.98 Å². The van der Waals surface area contributed by atoms with E-state index in [1.54, 1.807) is 18.2 Å². The van der Waals surface area contributed by atoms with Crippen LogP contribution in [0.25, 0.3) is 11.3 Å². The number of nitrogens with one attached hydrogen (secondary N) is 1. The normalized spacial score (nSPS) is 10.6. The molecule has 0 aliphatic carbocycles. The third-order valence-electron chi connectivity index (χ3n) is 3.66. The van der Waals surface area contributed by atoms with Crippen molar-refractivity contribution in [2.45, 2.75) is 13.8 Å². The number of benzene rings is 2. The fourth-order valence-electron chi connectivity index (χ4n) is 2.45. The Morgan fingerprint density at radius 3 is 2.73 bits per heavy atom. The summed E-state index contributed by atoms with van der Waals surface area (Å²) in [5.41, 5.74) is 4.24. The summed E-state index contributed by atoms with van der Waals surface area (Å²) in [6.07, 6.45) is 0. The molecule has 1 amide bonds. The highest BCUT2D eigenvalue weighted by atomic mass is 35.5. The molecule has 1 aromatic heterocycles. The number of aryl methyl sites for hydroxylation is 2. The number of amides is 1. The van der Waals surface area contributed by atoms with Crippen molar-refractivity contribution >= 4 is 45.6 Å². The van der Waals surface area contributed by atoms with Gasteiger partial charge in [0.25, 0.3) is 5.91 Å². The number of nitrogens with zero attached hydrogens (tertiary/aromatic N) is 1. The van der Waals surface area contributed by atoms with Crippen LogP contribution in [0.4, 0.5) is 5.13 Å². The van der Waals surface area contributed by atoms with Crippen LogP contribution in [0.15, 0.2) is 41.8 Å². The van der Waals surface area contributed by atoms with Crippen LogP contribution in [-0.2, 0) is 4.79 Å². The van der Waals surface area contributed by atoms with Crippen molar-refractivity contribution in [3.05, 3.63) is 63.0 Å². The molecule has 3 rings (SSSR count). The molecule has 0 atom stereocenters. The molecule has 1 N–H and O–H groups in total. The van der Waals surface area contributed by atoms with E-state index in [1.165, 1.54) is 16.9 Å². The standard InChI is InChI=1S/C19H16Cl2N2O2S/c1-11-3-5-14(12(2)7-11)16-10-26-19(22-16)23-18(24)9-25-17-6-4-13(20)8-15(17)21/h3-8,10H,9H2,1-2H3,(H,22,23,24). The van der Waals surface area contributed by atoms with Crippen LogP contribution in [0, 0.1) is 13.8 Å². The molecule has 2 aromatic carbocycles. The number of carbonyl (C=O) groups excluding carboxylic acids is 1. The van der Waals surface area contributed by atoms with Gasteiger partial charge >= 0.3 is 0 Å². The number of ether oxygens (including phenoxy) is 1. The van der Waals surface area contributed by atoms with Gasteiger partial charge < -0.3 is 4.74 Å². The molecule has 0 aliphatic rings. The first kappa shape index (κ1) is 18.7. The second-order valence-corrected chi connectivity index (χ2v) is 7.47. The van der Waals surface area contributed by atoms with Gasteiger partial charge in [0.1, 0.15) is 5.75 Å². The molecule has 0 bridgehead atoms. The molecule has 3 aromatic rings. The zero-order valence-corrected chi connectivity index (χ0v) is 16.5. The first-order chi connectivity index (χ1) is 12.4. The van der Waals surface area contributed by atoms with Crippen LogP contribution in [-0.4, -0.2) is 17.5 Å². The molecule has 26 heavy (non-hydrogen) atoms. The van der Waals surface area contributed by atoms with Crippen molar-refractivity contribution in [2.75, 3.05) is 11.9 Å². The van der Waals surface area contributed by atoms with E-state index in [2.05, 4.69) is 23.3 Å². The molecule has 0 saturated heterocycles. The Morgan fingerprint density at radius 1 is 1.19 bits per heavy atom. The van der Waals surface area contributed by atoms with Crippen LogP contribution < -0.4 is 10.1 Å². The molecule has 0 spiro atoms. The lowest BCUT2D eigenvalue weighted by atomic mass is 10.0. The minimum absolute atomic E-state index is 0.167. The highest BCUT2D eigenvalue weighted by Crippen LogP contribution is 2.29. The topological polar surface area (TPSA) is 51.2 Å². The number of aromatic nitrogens is 1. The molecule has 0 aliphatic heterocycles. The predicted molar refractivity (Wildman–Crippen MR) is 108 cm³/mol. The van der Waals surface area contributed by atoms with Crippen molar-refractivity contribution in [3.8, 4) is 17.0 Å². The Bertz CT molecular complexity index is 956. The lowest BCUT2D eigenvalue weighted by molar-refractivity contribution is -0.118. The maximum atomic E-state index is 12.1. The zero-order valence-electron chi connectivity index (χ0n) is 14.2. The Kier molecular flexibility index (Phi) is 5.81. The molecule has 1 heterocycles.